The van der Waals surface area contributed by atoms with Crippen molar-refractivity contribution in [3.05, 3.63) is 41.5 Å². The summed E-state index contributed by atoms with van der Waals surface area (Å²) in [6.07, 6.45) is 7.81. The van der Waals surface area contributed by atoms with E-state index in [2.05, 4.69) is 34.6 Å². The molecule has 24 heavy (non-hydrogen) atoms. The van der Waals surface area contributed by atoms with E-state index in [0.717, 1.165) is 49.5 Å². The van der Waals surface area contributed by atoms with Crippen LogP contribution in [0.1, 0.15) is 42.7 Å². The van der Waals surface area contributed by atoms with Crippen LogP contribution in [0.15, 0.2) is 24.7 Å². The topological polar surface area (TPSA) is 75.8 Å². The largest absolute Gasteiger partial charge is 0.383 e. The second kappa shape index (κ2) is 7.45. The highest BCUT2D eigenvalue weighted by Crippen LogP contribution is 2.33. The van der Waals surface area contributed by atoms with E-state index in [1.807, 2.05) is 23.9 Å². The lowest BCUT2D eigenvalue weighted by Gasteiger charge is -2.31. The Balaban J connectivity index is 1.73. The number of hydrogen-bond acceptors (Lipinski definition) is 5. The summed E-state index contributed by atoms with van der Waals surface area (Å²) in [6.45, 7) is 6.42. The van der Waals surface area contributed by atoms with Gasteiger partial charge in [-0.25, -0.2) is 0 Å². The molecule has 2 aromatic heterocycles. The van der Waals surface area contributed by atoms with Crippen LogP contribution in [-0.4, -0.2) is 27.9 Å². The van der Waals surface area contributed by atoms with Crippen LogP contribution in [0.4, 0.5) is 5.69 Å². The minimum atomic E-state index is 0.0556. The smallest absolute Gasteiger partial charge is 0.103 e. The van der Waals surface area contributed by atoms with E-state index in [0.29, 0.717) is 11.5 Å². The third-order valence-corrected chi connectivity index (χ3v) is 4.47. The molecule has 0 amide bonds. The van der Waals surface area contributed by atoms with Crippen molar-refractivity contribution >= 4 is 5.69 Å². The molecule has 0 saturated carbocycles. The molecule has 2 atom stereocenters. The van der Waals surface area contributed by atoms with E-state index in [1.165, 1.54) is 0 Å². The molecule has 6 nitrogen and oxygen atoms in total. The molecule has 6 heteroatoms. The zero-order valence-corrected chi connectivity index (χ0v) is 14.2. The lowest BCUT2D eigenvalue weighted by atomic mass is 9.90. The normalized spacial score (nSPS) is 20.5. The van der Waals surface area contributed by atoms with Crippen LogP contribution in [0.2, 0.25) is 0 Å². The summed E-state index contributed by atoms with van der Waals surface area (Å²) >= 11 is 0. The number of aryl methyl sites for hydroxylation is 2. The van der Waals surface area contributed by atoms with E-state index in [-0.39, 0.29) is 6.10 Å². The number of hydrogen-bond donors (Lipinski definition) is 1. The van der Waals surface area contributed by atoms with Gasteiger partial charge in [-0.1, -0.05) is 0 Å². The standard InChI is InChI=1S/C18H23N5O/c1-3-23-12-16(11-22-23)18-14(5-4-6-24-18)9-21-17-7-13(2)20-10-15(17)8-19/h7,10-12,14,18H,3-6,9H2,1-2H3,(H,20,21)/t14-,18+/m0/s1. The maximum absolute atomic E-state index is 9.24. The molecule has 0 bridgehead atoms. The maximum Gasteiger partial charge on any atom is 0.103 e. The van der Waals surface area contributed by atoms with Gasteiger partial charge in [0.15, 0.2) is 0 Å². The second-order valence-electron chi connectivity index (χ2n) is 6.19. The Kier molecular flexibility index (Phi) is 5.11. The van der Waals surface area contributed by atoms with Crippen LogP contribution in [0, 0.1) is 24.2 Å². The minimum absolute atomic E-state index is 0.0556. The fourth-order valence-electron chi connectivity index (χ4n) is 3.16. The van der Waals surface area contributed by atoms with Crippen LogP contribution < -0.4 is 5.32 Å². The number of anilines is 1. The summed E-state index contributed by atoms with van der Waals surface area (Å²) in [5.74, 6) is 0.355. The molecule has 1 fully saturated rings. The third-order valence-electron chi connectivity index (χ3n) is 4.47. The summed E-state index contributed by atoms with van der Waals surface area (Å²) in [6, 6.07) is 4.12. The zero-order valence-electron chi connectivity index (χ0n) is 14.2. The van der Waals surface area contributed by atoms with Gasteiger partial charge in [-0.05, 0) is 32.8 Å². The van der Waals surface area contributed by atoms with Crippen molar-refractivity contribution in [2.75, 3.05) is 18.5 Å². The number of nitriles is 1. The highest BCUT2D eigenvalue weighted by Gasteiger charge is 2.28. The second-order valence-corrected chi connectivity index (χ2v) is 6.19. The Morgan fingerprint density at radius 3 is 3.08 bits per heavy atom. The third kappa shape index (κ3) is 3.57. The van der Waals surface area contributed by atoms with Crippen molar-refractivity contribution < 1.29 is 4.74 Å². The molecule has 1 aliphatic heterocycles. The van der Waals surface area contributed by atoms with Crippen LogP contribution in [0.5, 0.6) is 0 Å². The summed E-state index contributed by atoms with van der Waals surface area (Å²) in [5, 5.41) is 17.0. The quantitative estimate of drug-likeness (QED) is 0.914. The zero-order chi connectivity index (χ0) is 16.9. The summed E-state index contributed by atoms with van der Waals surface area (Å²) in [5.41, 5.74) is 3.46. The predicted octanol–water partition coefficient (Wildman–Crippen LogP) is 3.06. The molecule has 0 aliphatic carbocycles. The average Bonchev–Trinajstić information content (AvgIpc) is 3.09. The van der Waals surface area contributed by atoms with Crippen molar-refractivity contribution in [3.8, 4) is 6.07 Å². The first-order chi connectivity index (χ1) is 11.7. The molecule has 0 unspecified atom stereocenters. The summed E-state index contributed by atoms with van der Waals surface area (Å²) < 4.78 is 7.96. The first kappa shape index (κ1) is 16.5. The van der Waals surface area contributed by atoms with Crippen molar-refractivity contribution in [2.24, 2.45) is 5.92 Å². The fourth-order valence-corrected chi connectivity index (χ4v) is 3.16. The Morgan fingerprint density at radius 1 is 1.46 bits per heavy atom. The van der Waals surface area contributed by atoms with Crippen molar-refractivity contribution in [3.63, 3.8) is 0 Å². The van der Waals surface area contributed by atoms with Gasteiger partial charge >= 0.3 is 0 Å². The van der Waals surface area contributed by atoms with Gasteiger partial charge in [0.25, 0.3) is 0 Å². The minimum Gasteiger partial charge on any atom is -0.383 e. The van der Waals surface area contributed by atoms with Gasteiger partial charge in [-0.2, -0.15) is 10.4 Å². The lowest BCUT2D eigenvalue weighted by Crippen LogP contribution is -2.28. The molecule has 126 valence electrons. The molecular weight excluding hydrogens is 302 g/mol. The number of nitrogens with one attached hydrogen (secondary N) is 1. The van der Waals surface area contributed by atoms with Crippen LogP contribution >= 0.6 is 0 Å². The molecule has 2 aromatic rings. The van der Waals surface area contributed by atoms with E-state index in [4.69, 9.17) is 4.74 Å². The molecular formula is C18H23N5O. The first-order valence-corrected chi connectivity index (χ1v) is 8.45. The Bertz CT molecular complexity index is 733. The van der Waals surface area contributed by atoms with E-state index < -0.39 is 0 Å². The molecule has 0 spiro atoms. The van der Waals surface area contributed by atoms with Gasteiger partial charge in [-0.15, -0.1) is 0 Å². The van der Waals surface area contributed by atoms with Crippen molar-refractivity contribution in [1.82, 2.24) is 14.8 Å². The molecule has 1 N–H and O–H groups in total. The Morgan fingerprint density at radius 2 is 2.33 bits per heavy atom. The molecule has 1 aliphatic rings. The van der Waals surface area contributed by atoms with Crippen molar-refractivity contribution in [1.29, 1.82) is 5.26 Å². The summed E-state index contributed by atoms with van der Waals surface area (Å²) in [7, 11) is 0. The lowest BCUT2D eigenvalue weighted by molar-refractivity contribution is -0.0239. The molecule has 3 rings (SSSR count). The van der Waals surface area contributed by atoms with Crippen LogP contribution in [0.25, 0.3) is 0 Å². The highest BCUT2D eigenvalue weighted by atomic mass is 16.5. The van der Waals surface area contributed by atoms with Gasteiger partial charge < -0.3 is 10.1 Å². The summed E-state index contributed by atoms with van der Waals surface area (Å²) in [4.78, 5) is 4.18. The van der Waals surface area contributed by atoms with E-state index in [1.54, 1.807) is 6.20 Å². The molecule has 3 heterocycles. The first-order valence-electron chi connectivity index (χ1n) is 8.45. The van der Waals surface area contributed by atoms with E-state index in [9.17, 15) is 5.26 Å². The predicted molar refractivity (Wildman–Crippen MR) is 91.5 cm³/mol. The van der Waals surface area contributed by atoms with Crippen LogP contribution in [-0.2, 0) is 11.3 Å². The SMILES string of the molecule is CCn1cc([C@@H]2OCCC[C@H]2CNc2cc(C)ncc2C#N)cn1. The van der Waals surface area contributed by atoms with Gasteiger partial charge in [0, 0.05) is 49.3 Å². The fraction of sp³-hybridized carbons (Fsp3) is 0.500. The van der Waals surface area contributed by atoms with Gasteiger partial charge in [0.05, 0.1) is 23.6 Å². The Hall–Kier alpha value is -2.39. The number of aromatic nitrogens is 3. The average molecular weight is 325 g/mol. The molecule has 1 saturated heterocycles. The van der Waals surface area contributed by atoms with E-state index >= 15 is 0 Å². The van der Waals surface area contributed by atoms with Gasteiger partial charge in [0.1, 0.15) is 6.07 Å². The molecule has 0 radical (unpaired) electrons. The van der Waals surface area contributed by atoms with Gasteiger partial charge in [-0.3, -0.25) is 9.67 Å². The van der Waals surface area contributed by atoms with Crippen LogP contribution in [0.3, 0.4) is 0 Å². The monoisotopic (exact) mass is 325 g/mol. The number of nitrogens with zero attached hydrogens (tertiary/aromatic N) is 4. The number of rotatable bonds is 5. The number of pyridine rings is 1. The maximum atomic E-state index is 9.24. The van der Waals surface area contributed by atoms with Gasteiger partial charge in [0.2, 0.25) is 0 Å². The highest BCUT2D eigenvalue weighted by molar-refractivity contribution is 5.56. The number of ether oxygens (including phenoxy) is 1. The molecule has 0 aromatic carbocycles. The van der Waals surface area contributed by atoms with Crippen molar-refractivity contribution in [2.45, 2.75) is 39.3 Å². The Labute approximate surface area is 142 Å².